The van der Waals surface area contributed by atoms with Crippen LogP contribution in [0, 0.1) is 0 Å². The SMILES string of the molecule is CNC(C)c1ccccc1Oc1cccc(Cl)c1. The minimum Gasteiger partial charge on any atom is -0.457 e. The third-order valence-corrected chi connectivity index (χ3v) is 3.08. The molecule has 94 valence electrons. The van der Waals surface area contributed by atoms with Gasteiger partial charge in [-0.05, 0) is 38.2 Å². The summed E-state index contributed by atoms with van der Waals surface area (Å²) >= 11 is 5.95. The molecule has 0 heterocycles. The van der Waals surface area contributed by atoms with Gasteiger partial charge in [0.2, 0.25) is 0 Å². The largest absolute Gasteiger partial charge is 0.457 e. The fourth-order valence-electron chi connectivity index (χ4n) is 1.74. The summed E-state index contributed by atoms with van der Waals surface area (Å²) in [5.74, 6) is 1.60. The van der Waals surface area contributed by atoms with Gasteiger partial charge in [0.1, 0.15) is 11.5 Å². The van der Waals surface area contributed by atoms with Crippen molar-refractivity contribution in [3.05, 3.63) is 59.1 Å². The lowest BCUT2D eigenvalue weighted by molar-refractivity contribution is 0.466. The van der Waals surface area contributed by atoms with Crippen LogP contribution in [0.25, 0.3) is 0 Å². The van der Waals surface area contributed by atoms with Gasteiger partial charge in [-0.3, -0.25) is 0 Å². The predicted molar refractivity (Wildman–Crippen MR) is 75.4 cm³/mol. The number of nitrogens with one attached hydrogen (secondary N) is 1. The van der Waals surface area contributed by atoms with Crippen molar-refractivity contribution in [2.75, 3.05) is 7.05 Å². The molecule has 2 rings (SSSR count). The quantitative estimate of drug-likeness (QED) is 0.880. The summed E-state index contributed by atoms with van der Waals surface area (Å²) in [6, 6.07) is 15.6. The number of hydrogen-bond donors (Lipinski definition) is 1. The summed E-state index contributed by atoms with van der Waals surface area (Å²) in [5.41, 5.74) is 1.12. The molecule has 0 aliphatic heterocycles. The average Bonchev–Trinajstić information content (AvgIpc) is 2.38. The van der Waals surface area contributed by atoms with Gasteiger partial charge in [0.15, 0.2) is 0 Å². The number of para-hydroxylation sites is 1. The Morgan fingerprint density at radius 1 is 1.11 bits per heavy atom. The van der Waals surface area contributed by atoms with Crippen LogP contribution in [0.1, 0.15) is 18.5 Å². The predicted octanol–water partition coefficient (Wildman–Crippen LogP) is 4.41. The summed E-state index contributed by atoms with van der Waals surface area (Å²) in [5, 5.41) is 3.89. The number of rotatable bonds is 4. The number of benzene rings is 2. The maximum Gasteiger partial charge on any atom is 0.132 e. The summed E-state index contributed by atoms with van der Waals surface area (Å²) in [6.07, 6.45) is 0. The van der Waals surface area contributed by atoms with Crippen LogP contribution in [0.2, 0.25) is 5.02 Å². The molecule has 0 amide bonds. The first-order valence-electron chi connectivity index (χ1n) is 5.90. The zero-order valence-corrected chi connectivity index (χ0v) is 11.2. The highest BCUT2D eigenvalue weighted by Gasteiger charge is 2.09. The first-order chi connectivity index (χ1) is 8.70. The second-order valence-electron chi connectivity index (χ2n) is 4.11. The van der Waals surface area contributed by atoms with Gasteiger partial charge < -0.3 is 10.1 Å². The third kappa shape index (κ3) is 3.03. The molecule has 0 saturated carbocycles. The fraction of sp³-hybridized carbons (Fsp3) is 0.200. The van der Waals surface area contributed by atoms with Gasteiger partial charge in [-0.25, -0.2) is 0 Å². The molecular weight excluding hydrogens is 246 g/mol. The van der Waals surface area contributed by atoms with Crippen molar-refractivity contribution in [1.82, 2.24) is 5.32 Å². The Labute approximate surface area is 113 Å². The molecule has 2 nitrogen and oxygen atoms in total. The number of hydrogen-bond acceptors (Lipinski definition) is 2. The minimum atomic E-state index is 0.236. The van der Waals surface area contributed by atoms with Crippen molar-refractivity contribution in [3.63, 3.8) is 0 Å². The van der Waals surface area contributed by atoms with Gasteiger partial charge in [0, 0.05) is 16.6 Å². The maximum absolute atomic E-state index is 5.95. The van der Waals surface area contributed by atoms with Gasteiger partial charge in [0.05, 0.1) is 0 Å². The van der Waals surface area contributed by atoms with E-state index in [1.165, 1.54) is 0 Å². The first kappa shape index (κ1) is 12.9. The Morgan fingerprint density at radius 2 is 1.89 bits per heavy atom. The van der Waals surface area contributed by atoms with Crippen LogP contribution >= 0.6 is 11.6 Å². The van der Waals surface area contributed by atoms with Crippen molar-refractivity contribution < 1.29 is 4.74 Å². The Kier molecular flexibility index (Phi) is 4.24. The van der Waals surface area contributed by atoms with E-state index in [2.05, 4.69) is 18.3 Å². The van der Waals surface area contributed by atoms with Gasteiger partial charge in [0.25, 0.3) is 0 Å². The molecule has 3 heteroatoms. The van der Waals surface area contributed by atoms with Gasteiger partial charge in [-0.15, -0.1) is 0 Å². The van der Waals surface area contributed by atoms with Crippen molar-refractivity contribution in [3.8, 4) is 11.5 Å². The summed E-state index contributed by atoms with van der Waals surface area (Å²) < 4.78 is 5.89. The highest BCUT2D eigenvalue weighted by Crippen LogP contribution is 2.30. The lowest BCUT2D eigenvalue weighted by Gasteiger charge is -2.16. The van der Waals surface area contributed by atoms with Crippen molar-refractivity contribution in [2.24, 2.45) is 0 Å². The van der Waals surface area contributed by atoms with Crippen LogP contribution in [0.5, 0.6) is 11.5 Å². The van der Waals surface area contributed by atoms with E-state index in [4.69, 9.17) is 16.3 Å². The van der Waals surface area contributed by atoms with E-state index in [1.54, 1.807) is 0 Å². The number of ether oxygens (including phenoxy) is 1. The second kappa shape index (κ2) is 5.89. The Balaban J connectivity index is 2.29. The molecule has 0 saturated heterocycles. The van der Waals surface area contributed by atoms with Gasteiger partial charge in [-0.2, -0.15) is 0 Å². The van der Waals surface area contributed by atoms with Gasteiger partial charge in [-0.1, -0.05) is 35.9 Å². The molecule has 1 unspecified atom stereocenters. The smallest absolute Gasteiger partial charge is 0.132 e. The third-order valence-electron chi connectivity index (χ3n) is 2.84. The molecular formula is C15H16ClNO. The monoisotopic (exact) mass is 261 g/mol. The zero-order chi connectivity index (χ0) is 13.0. The van der Waals surface area contributed by atoms with Crippen LogP contribution in [0.15, 0.2) is 48.5 Å². The van der Waals surface area contributed by atoms with Gasteiger partial charge >= 0.3 is 0 Å². The highest BCUT2D eigenvalue weighted by molar-refractivity contribution is 6.30. The topological polar surface area (TPSA) is 21.3 Å². The molecule has 2 aromatic rings. The molecule has 1 atom stereocenters. The van der Waals surface area contributed by atoms with E-state index < -0.39 is 0 Å². The number of halogens is 1. The van der Waals surface area contributed by atoms with E-state index in [0.717, 1.165) is 17.1 Å². The second-order valence-corrected chi connectivity index (χ2v) is 4.54. The summed E-state index contributed by atoms with van der Waals surface area (Å²) in [7, 11) is 1.93. The van der Waals surface area contributed by atoms with Crippen molar-refractivity contribution in [1.29, 1.82) is 0 Å². The van der Waals surface area contributed by atoms with Crippen LogP contribution in [-0.4, -0.2) is 7.05 Å². The Hall–Kier alpha value is -1.51. The normalized spacial score (nSPS) is 12.2. The fourth-order valence-corrected chi connectivity index (χ4v) is 1.92. The van der Waals surface area contributed by atoms with Crippen LogP contribution in [0.3, 0.4) is 0 Å². The molecule has 0 spiro atoms. The van der Waals surface area contributed by atoms with E-state index in [-0.39, 0.29) is 6.04 Å². The zero-order valence-electron chi connectivity index (χ0n) is 10.5. The Morgan fingerprint density at radius 3 is 2.61 bits per heavy atom. The molecule has 1 N–H and O–H groups in total. The van der Waals surface area contributed by atoms with E-state index in [9.17, 15) is 0 Å². The molecule has 0 fully saturated rings. The van der Waals surface area contributed by atoms with Crippen molar-refractivity contribution >= 4 is 11.6 Å². The summed E-state index contributed by atoms with van der Waals surface area (Å²) in [6.45, 7) is 2.10. The Bertz CT molecular complexity index is 527. The standard InChI is InChI=1S/C15H16ClNO/c1-11(17-2)14-8-3-4-9-15(14)18-13-7-5-6-12(16)10-13/h3-11,17H,1-2H3. The molecule has 0 radical (unpaired) electrons. The van der Waals surface area contributed by atoms with Crippen molar-refractivity contribution in [2.45, 2.75) is 13.0 Å². The maximum atomic E-state index is 5.95. The average molecular weight is 262 g/mol. The first-order valence-corrected chi connectivity index (χ1v) is 6.28. The van der Waals surface area contributed by atoms with E-state index in [0.29, 0.717) is 5.02 Å². The molecule has 0 aromatic heterocycles. The van der Waals surface area contributed by atoms with E-state index >= 15 is 0 Å². The molecule has 0 aliphatic rings. The highest BCUT2D eigenvalue weighted by atomic mass is 35.5. The molecule has 0 aliphatic carbocycles. The minimum absolute atomic E-state index is 0.236. The molecule has 18 heavy (non-hydrogen) atoms. The molecule has 0 bridgehead atoms. The lowest BCUT2D eigenvalue weighted by atomic mass is 10.1. The van der Waals surface area contributed by atoms with Crippen LogP contribution in [-0.2, 0) is 0 Å². The molecule has 2 aromatic carbocycles. The lowest BCUT2D eigenvalue weighted by Crippen LogP contribution is -2.13. The van der Waals surface area contributed by atoms with E-state index in [1.807, 2.05) is 49.5 Å². The van der Waals surface area contributed by atoms with Crippen LogP contribution < -0.4 is 10.1 Å². The summed E-state index contributed by atoms with van der Waals surface area (Å²) in [4.78, 5) is 0. The van der Waals surface area contributed by atoms with Crippen LogP contribution in [0.4, 0.5) is 0 Å².